The molecule has 0 saturated heterocycles. The van der Waals surface area contributed by atoms with E-state index in [0.717, 1.165) is 25.9 Å². The van der Waals surface area contributed by atoms with E-state index in [1.54, 1.807) is 0 Å². The summed E-state index contributed by atoms with van der Waals surface area (Å²) in [5.41, 5.74) is 0. The lowest BCUT2D eigenvalue weighted by atomic mass is 10.2. The number of aliphatic hydroxyl groups excluding tert-OH is 2. The summed E-state index contributed by atoms with van der Waals surface area (Å²) in [7, 11) is 0. The van der Waals surface area contributed by atoms with Gasteiger partial charge in [-0.2, -0.15) is 0 Å². The Morgan fingerprint density at radius 2 is 1.05 bits per heavy atom. The van der Waals surface area contributed by atoms with E-state index in [1.807, 2.05) is 0 Å². The van der Waals surface area contributed by atoms with Crippen LogP contribution in [0.1, 0.15) is 26.7 Å². The van der Waals surface area contributed by atoms with Crippen LogP contribution in [-0.4, -0.2) is 58.8 Å². The van der Waals surface area contributed by atoms with Crippen LogP contribution in [0.3, 0.4) is 0 Å². The third-order valence-corrected chi connectivity index (χ3v) is 2.68. The summed E-state index contributed by atoms with van der Waals surface area (Å²) >= 11 is 0. The third kappa shape index (κ3) is 30.9. The minimum absolute atomic E-state index is 0.258. The van der Waals surface area contributed by atoms with E-state index >= 15 is 0 Å². The summed E-state index contributed by atoms with van der Waals surface area (Å²) in [5.74, 6) is 0. The first-order chi connectivity index (χ1) is 10.2. The topological polar surface area (TPSA) is 206 Å². The highest BCUT2D eigenvalue weighted by Crippen LogP contribution is 1.80. The van der Waals surface area contributed by atoms with Crippen molar-refractivity contribution in [2.75, 3.05) is 26.3 Å². The maximum atomic E-state index is 8.95. The SMILES string of the molecule is CC[C@@H](CO)[NH2+]CC[NH2+][C@@H](CC)CO.O=[N+]([O-])[O-].O=[N+]([O-])[O-]. The highest BCUT2D eigenvalue weighted by atomic mass is 16.9. The predicted octanol–water partition coefficient (Wildman–Crippen LogP) is -2.82. The number of quaternary nitrogens is 2. The first-order valence-corrected chi connectivity index (χ1v) is 6.76. The molecule has 0 spiro atoms. The average molecular weight is 330 g/mol. The van der Waals surface area contributed by atoms with Crippen LogP contribution in [0.4, 0.5) is 0 Å². The number of rotatable bonds is 9. The molecule has 0 aliphatic heterocycles. The van der Waals surface area contributed by atoms with Gasteiger partial charge in [-0.15, -0.1) is 0 Å². The van der Waals surface area contributed by atoms with Crippen LogP contribution in [0.5, 0.6) is 0 Å². The molecule has 0 fully saturated rings. The molecule has 134 valence electrons. The van der Waals surface area contributed by atoms with Crippen molar-refractivity contribution in [3.63, 3.8) is 0 Å². The van der Waals surface area contributed by atoms with Gasteiger partial charge in [-0.05, 0) is 12.8 Å². The van der Waals surface area contributed by atoms with Crippen molar-refractivity contribution in [2.45, 2.75) is 38.8 Å². The maximum absolute atomic E-state index is 8.95. The highest BCUT2D eigenvalue weighted by Gasteiger charge is 2.09. The van der Waals surface area contributed by atoms with Gasteiger partial charge in [0.1, 0.15) is 25.2 Å². The molecule has 12 heteroatoms. The molecule has 0 bridgehead atoms. The van der Waals surface area contributed by atoms with Gasteiger partial charge in [-0.3, -0.25) is 0 Å². The second-order valence-electron chi connectivity index (χ2n) is 4.20. The van der Waals surface area contributed by atoms with Gasteiger partial charge in [-0.25, -0.2) is 0 Å². The number of aliphatic hydroxyl groups is 2. The Bertz CT molecular complexity index is 227. The van der Waals surface area contributed by atoms with Crippen molar-refractivity contribution in [3.05, 3.63) is 30.6 Å². The smallest absolute Gasteiger partial charge is 0.126 e. The number of nitrogens with two attached hydrogens (primary N) is 2. The van der Waals surface area contributed by atoms with E-state index in [4.69, 9.17) is 40.9 Å². The first kappa shape index (κ1) is 25.2. The number of hydrogen-bond donors (Lipinski definition) is 4. The van der Waals surface area contributed by atoms with Gasteiger partial charge >= 0.3 is 0 Å². The van der Waals surface area contributed by atoms with Crippen LogP contribution >= 0.6 is 0 Å². The Balaban J connectivity index is -0.000000372. The Hall–Kier alpha value is -1.76. The molecule has 0 amide bonds. The van der Waals surface area contributed by atoms with Gasteiger partial charge in [0.15, 0.2) is 0 Å². The van der Waals surface area contributed by atoms with Crippen molar-refractivity contribution in [1.82, 2.24) is 0 Å². The highest BCUT2D eigenvalue weighted by molar-refractivity contribution is 4.46. The van der Waals surface area contributed by atoms with E-state index in [-0.39, 0.29) is 13.2 Å². The molecule has 0 heterocycles. The monoisotopic (exact) mass is 330 g/mol. The standard InChI is InChI=1S/C10H24N2O2.2NO3/c1-3-9(7-13)11-5-6-12-10(4-2)8-14;2*2-1(3)4/h9-14H,3-8H2,1-2H3;;/q;2*-1/p+2/t9-,10-;;/m0../s1. The minimum atomic E-state index is -1.75. The minimum Gasteiger partial charge on any atom is -0.390 e. The molecule has 0 aromatic rings. The van der Waals surface area contributed by atoms with E-state index in [0.29, 0.717) is 12.1 Å². The molecule has 0 saturated carbocycles. The van der Waals surface area contributed by atoms with Crippen LogP contribution in [0.15, 0.2) is 0 Å². The van der Waals surface area contributed by atoms with Crippen molar-refractivity contribution < 1.29 is 31.0 Å². The Labute approximate surface area is 128 Å². The molecule has 0 aliphatic carbocycles. The Morgan fingerprint density at radius 1 is 0.818 bits per heavy atom. The summed E-state index contributed by atoms with van der Waals surface area (Å²) in [6.07, 6.45) is 2.02. The summed E-state index contributed by atoms with van der Waals surface area (Å²) in [6, 6.07) is 0.690. The van der Waals surface area contributed by atoms with E-state index in [1.165, 1.54) is 0 Å². The fourth-order valence-electron chi connectivity index (χ4n) is 1.40. The third-order valence-electron chi connectivity index (χ3n) is 2.68. The second kappa shape index (κ2) is 19.2. The second-order valence-corrected chi connectivity index (χ2v) is 4.20. The normalized spacial score (nSPS) is 12.0. The van der Waals surface area contributed by atoms with Gasteiger partial charge < -0.3 is 51.5 Å². The lowest BCUT2D eigenvalue weighted by Gasteiger charge is -2.12. The van der Waals surface area contributed by atoms with E-state index in [9.17, 15) is 0 Å². The van der Waals surface area contributed by atoms with Crippen molar-refractivity contribution in [1.29, 1.82) is 0 Å². The molecule has 0 aromatic carbocycles. The van der Waals surface area contributed by atoms with E-state index < -0.39 is 10.2 Å². The van der Waals surface area contributed by atoms with Crippen molar-refractivity contribution >= 4 is 0 Å². The Morgan fingerprint density at radius 3 is 1.18 bits per heavy atom. The molecular formula is C10H26N4O8. The van der Waals surface area contributed by atoms with Crippen molar-refractivity contribution in [2.24, 2.45) is 0 Å². The van der Waals surface area contributed by atoms with Crippen LogP contribution in [-0.2, 0) is 0 Å². The molecule has 12 nitrogen and oxygen atoms in total. The molecule has 0 rings (SSSR count). The van der Waals surface area contributed by atoms with E-state index in [2.05, 4.69) is 24.5 Å². The van der Waals surface area contributed by atoms with Crippen LogP contribution < -0.4 is 10.6 Å². The number of nitrogens with zero attached hydrogens (tertiary/aromatic N) is 2. The van der Waals surface area contributed by atoms with Crippen LogP contribution in [0.25, 0.3) is 0 Å². The molecule has 0 radical (unpaired) electrons. The van der Waals surface area contributed by atoms with Gasteiger partial charge in [-0.1, -0.05) is 13.8 Å². The summed E-state index contributed by atoms with van der Waals surface area (Å²) in [4.78, 5) is 16.5. The predicted molar refractivity (Wildman–Crippen MR) is 76.6 cm³/mol. The maximum Gasteiger partial charge on any atom is 0.126 e. The van der Waals surface area contributed by atoms with Crippen LogP contribution in [0, 0.1) is 30.6 Å². The van der Waals surface area contributed by atoms with Crippen molar-refractivity contribution in [3.8, 4) is 0 Å². The molecule has 0 unspecified atom stereocenters. The first-order valence-electron chi connectivity index (χ1n) is 6.76. The average Bonchev–Trinajstić information content (AvgIpc) is 2.42. The lowest BCUT2D eigenvalue weighted by molar-refractivity contribution is -0.755. The fraction of sp³-hybridized carbons (Fsp3) is 1.00. The fourth-order valence-corrected chi connectivity index (χ4v) is 1.40. The van der Waals surface area contributed by atoms with Gasteiger partial charge in [0.05, 0.1) is 23.4 Å². The molecule has 6 N–H and O–H groups in total. The summed E-state index contributed by atoms with van der Waals surface area (Å²) in [5, 5.41) is 51.8. The van der Waals surface area contributed by atoms with Crippen LogP contribution in [0.2, 0.25) is 0 Å². The summed E-state index contributed by atoms with van der Waals surface area (Å²) in [6.45, 7) is 6.71. The zero-order valence-corrected chi connectivity index (χ0v) is 12.8. The molecular weight excluding hydrogens is 304 g/mol. The molecule has 0 aromatic heterocycles. The Kier molecular flexibility index (Phi) is 22.0. The zero-order valence-electron chi connectivity index (χ0n) is 12.8. The summed E-state index contributed by atoms with van der Waals surface area (Å²) < 4.78 is 0. The molecule has 22 heavy (non-hydrogen) atoms. The zero-order chi connectivity index (χ0) is 18.0. The van der Waals surface area contributed by atoms with Gasteiger partial charge in [0, 0.05) is 0 Å². The largest absolute Gasteiger partial charge is 0.390 e. The molecule has 0 aliphatic rings. The molecule has 2 atom stereocenters. The number of hydrogen-bond acceptors (Lipinski definition) is 8. The quantitative estimate of drug-likeness (QED) is 0.196. The van der Waals surface area contributed by atoms with Gasteiger partial charge in [0.25, 0.3) is 0 Å². The van der Waals surface area contributed by atoms with Gasteiger partial charge in [0.2, 0.25) is 0 Å². The lowest BCUT2D eigenvalue weighted by Crippen LogP contribution is -3.00.